The molecule has 0 saturated carbocycles. The molecule has 0 aromatic rings. The van der Waals surface area contributed by atoms with E-state index < -0.39 is 18.2 Å². The Morgan fingerprint density at radius 2 is 2.31 bits per heavy atom. The summed E-state index contributed by atoms with van der Waals surface area (Å²) in [5.74, 6) is -0.647. The van der Waals surface area contributed by atoms with Crippen LogP contribution in [-0.2, 0) is 19.0 Å². The SMILES string of the molecule is CCOC(=O)[C@H](O)[C@H](C)OC1CCCCO1. The van der Waals surface area contributed by atoms with Gasteiger partial charge in [-0.05, 0) is 33.1 Å². The first-order valence-electron chi connectivity index (χ1n) is 5.77. The Morgan fingerprint density at radius 3 is 2.88 bits per heavy atom. The molecule has 1 unspecified atom stereocenters. The molecule has 94 valence electrons. The molecule has 1 fully saturated rings. The van der Waals surface area contributed by atoms with Crippen LogP contribution in [0.5, 0.6) is 0 Å². The molecule has 1 N–H and O–H groups in total. The van der Waals surface area contributed by atoms with E-state index in [2.05, 4.69) is 0 Å². The first-order chi connectivity index (χ1) is 7.65. The van der Waals surface area contributed by atoms with Crippen molar-refractivity contribution in [3.63, 3.8) is 0 Å². The normalized spacial score (nSPS) is 24.8. The molecule has 1 saturated heterocycles. The summed E-state index contributed by atoms with van der Waals surface area (Å²) in [6.07, 6.45) is 0.724. The lowest BCUT2D eigenvalue weighted by Crippen LogP contribution is -2.39. The van der Waals surface area contributed by atoms with Crippen LogP contribution >= 0.6 is 0 Å². The number of carbonyl (C=O) groups is 1. The fraction of sp³-hybridized carbons (Fsp3) is 0.909. The van der Waals surface area contributed by atoms with Crippen molar-refractivity contribution < 1.29 is 24.1 Å². The standard InChI is InChI=1S/C11H20O5/c1-3-14-11(13)10(12)8(2)16-9-6-4-5-7-15-9/h8-10,12H,3-7H2,1-2H3/t8-,9?,10+/m0/s1. The van der Waals surface area contributed by atoms with Crippen molar-refractivity contribution in [2.75, 3.05) is 13.2 Å². The van der Waals surface area contributed by atoms with Crippen LogP contribution in [0.15, 0.2) is 0 Å². The summed E-state index contributed by atoms with van der Waals surface area (Å²) in [5.41, 5.74) is 0. The Labute approximate surface area is 95.7 Å². The fourth-order valence-electron chi connectivity index (χ4n) is 1.55. The van der Waals surface area contributed by atoms with E-state index in [1.54, 1.807) is 13.8 Å². The molecule has 1 rings (SSSR count). The van der Waals surface area contributed by atoms with Gasteiger partial charge in [0.25, 0.3) is 0 Å². The van der Waals surface area contributed by atoms with E-state index in [0.29, 0.717) is 6.61 Å². The maximum absolute atomic E-state index is 11.2. The molecular formula is C11H20O5. The molecule has 3 atom stereocenters. The average Bonchev–Trinajstić information content (AvgIpc) is 2.29. The lowest BCUT2D eigenvalue weighted by Gasteiger charge is -2.27. The first kappa shape index (κ1) is 13.4. The maximum atomic E-state index is 11.2. The van der Waals surface area contributed by atoms with Crippen molar-refractivity contribution in [1.29, 1.82) is 0 Å². The number of hydrogen-bond acceptors (Lipinski definition) is 5. The minimum absolute atomic E-state index is 0.253. The molecule has 5 nitrogen and oxygen atoms in total. The lowest BCUT2D eigenvalue weighted by atomic mass is 10.2. The van der Waals surface area contributed by atoms with E-state index in [0.717, 1.165) is 19.3 Å². The van der Waals surface area contributed by atoms with E-state index in [4.69, 9.17) is 14.2 Å². The largest absolute Gasteiger partial charge is 0.464 e. The van der Waals surface area contributed by atoms with Crippen LogP contribution in [0.2, 0.25) is 0 Å². The third-order valence-electron chi connectivity index (χ3n) is 2.48. The van der Waals surface area contributed by atoms with E-state index >= 15 is 0 Å². The molecule has 0 spiro atoms. The smallest absolute Gasteiger partial charge is 0.337 e. The van der Waals surface area contributed by atoms with E-state index in [-0.39, 0.29) is 12.9 Å². The van der Waals surface area contributed by atoms with Crippen LogP contribution in [0.25, 0.3) is 0 Å². The van der Waals surface area contributed by atoms with Gasteiger partial charge in [0, 0.05) is 6.61 Å². The van der Waals surface area contributed by atoms with Crippen molar-refractivity contribution >= 4 is 5.97 Å². The Kier molecular flexibility index (Phi) is 5.73. The fourth-order valence-corrected chi connectivity index (χ4v) is 1.55. The third kappa shape index (κ3) is 4.08. The zero-order valence-corrected chi connectivity index (χ0v) is 9.85. The van der Waals surface area contributed by atoms with Gasteiger partial charge in [0.1, 0.15) is 0 Å². The summed E-state index contributed by atoms with van der Waals surface area (Å²) in [6.45, 7) is 4.26. The van der Waals surface area contributed by atoms with Gasteiger partial charge in [-0.2, -0.15) is 0 Å². The van der Waals surface area contributed by atoms with Gasteiger partial charge in [-0.25, -0.2) is 4.79 Å². The van der Waals surface area contributed by atoms with E-state index in [1.165, 1.54) is 0 Å². The van der Waals surface area contributed by atoms with Gasteiger partial charge in [-0.1, -0.05) is 0 Å². The van der Waals surface area contributed by atoms with Gasteiger partial charge in [0.2, 0.25) is 0 Å². The predicted molar refractivity (Wildman–Crippen MR) is 56.8 cm³/mol. The van der Waals surface area contributed by atoms with Crippen molar-refractivity contribution in [2.45, 2.75) is 51.6 Å². The molecule has 0 aromatic carbocycles. The number of rotatable bonds is 5. The van der Waals surface area contributed by atoms with Gasteiger partial charge in [-0.15, -0.1) is 0 Å². The number of esters is 1. The summed E-state index contributed by atoms with van der Waals surface area (Å²) in [7, 11) is 0. The zero-order chi connectivity index (χ0) is 12.0. The van der Waals surface area contributed by atoms with Gasteiger partial charge in [0.05, 0.1) is 12.7 Å². The van der Waals surface area contributed by atoms with Crippen LogP contribution in [0.3, 0.4) is 0 Å². The molecule has 16 heavy (non-hydrogen) atoms. The summed E-state index contributed by atoms with van der Waals surface area (Å²) in [4.78, 5) is 11.2. The molecule has 0 aromatic heterocycles. The molecule has 0 amide bonds. The molecule has 0 aliphatic carbocycles. The summed E-state index contributed by atoms with van der Waals surface area (Å²) in [5, 5.41) is 9.59. The lowest BCUT2D eigenvalue weighted by molar-refractivity contribution is -0.208. The Balaban J connectivity index is 2.32. The molecular weight excluding hydrogens is 212 g/mol. The topological polar surface area (TPSA) is 65.0 Å². The van der Waals surface area contributed by atoms with Gasteiger partial charge in [-0.3, -0.25) is 0 Å². The predicted octanol–water partition coefficient (Wildman–Crippen LogP) is 0.842. The molecule has 0 radical (unpaired) electrons. The summed E-state index contributed by atoms with van der Waals surface area (Å²) in [6, 6.07) is 0. The van der Waals surface area contributed by atoms with Crippen molar-refractivity contribution in [1.82, 2.24) is 0 Å². The van der Waals surface area contributed by atoms with Gasteiger partial charge < -0.3 is 19.3 Å². The molecule has 1 heterocycles. The molecule has 1 aliphatic rings. The average molecular weight is 232 g/mol. The first-order valence-corrected chi connectivity index (χ1v) is 5.77. The van der Waals surface area contributed by atoms with Crippen LogP contribution in [0, 0.1) is 0 Å². The highest BCUT2D eigenvalue weighted by molar-refractivity contribution is 5.74. The molecule has 5 heteroatoms. The minimum Gasteiger partial charge on any atom is -0.464 e. The Bertz CT molecular complexity index is 212. The second-order valence-corrected chi connectivity index (χ2v) is 3.83. The van der Waals surface area contributed by atoms with Crippen LogP contribution in [-0.4, -0.2) is 42.8 Å². The Morgan fingerprint density at radius 1 is 1.56 bits per heavy atom. The van der Waals surface area contributed by atoms with Crippen LogP contribution in [0.1, 0.15) is 33.1 Å². The highest BCUT2D eigenvalue weighted by Crippen LogP contribution is 2.16. The molecule has 0 bridgehead atoms. The summed E-state index contributed by atoms with van der Waals surface area (Å²) < 4.78 is 15.5. The highest BCUT2D eigenvalue weighted by atomic mass is 16.7. The number of hydrogen-bond donors (Lipinski definition) is 1. The highest BCUT2D eigenvalue weighted by Gasteiger charge is 2.27. The van der Waals surface area contributed by atoms with Gasteiger partial charge >= 0.3 is 5.97 Å². The van der Waals surface area contributed by atoms with Crippen molar-refractivity contribution in [3.05, 3.63) is 0 Å². The van der Waals surface area contributed by atoms with Crippen molar-refractivity contribution in [3.8, 4) is 0 Å². The minimum atomic E-state index is -1.24. The van der Waals surface area contributed by atoms with E-state index in [9.17, 15) is 9.90 Å². The second kappa shape index (κ2) is 6.83. The van der Waals surface area contributed by atoms with Crippen LogP contribution < -0.4 is 0 Å². The van der Waals surface area contributed by atoms with Crippen molar-refractivity contribution in [2.24, 2.45) is 0 Å². The van der Waals surface area contributed by atoms with Crippen LogP contribution in [0.4, 0.5) is 0 Å². The number of aliphatic hydroxyl groups is 1. The number of carbonyl (C=O) groups excluding carboxylic acids is 1. The van der Waals surface area contributed by atoms with E-state index in [1.807, 2.05) is 0 Å². The summed E-state index contributed by atoms with van der Waals surface area (Å²) >= 11 is 0. The zero-order valence-electron chi connectivity index (χ0n) is 9.85. The second-order valence-electron chi connectivity index (χ2n) is 3.83. The molecule has 1 aliphatic heterocycles. The van der Waals surface area contributed by atoms with Gasteiger partial charge in [0.15, 0.2) is 12.4 Å². The quantitative estimate of drug-likeness (QED) is 0.712. The third-order valence-corrected chi connectivity index (χ3v) is 2.48. The number of aliphatic hydroxyl groups excluding tert-OH is 1. The monoisotopic (exact) mass is 232 g/mol. The number of ether oxygens (including phenoxy) is 3. The Hall–Kier alpha value is -0.650. The maximum Gasteiger partial charge on any atom is 0.337 e.